The van der Waals surface area contributed by atoms with Gasteiger partial charge in [0.05, 0.1) is 12.2 Å². The number of hydrogen-bond acceptors (Lipinski definition) is 5. The van der Waals surface area contributed by atoms with Gasteiger partial charge < -0.3 is 15.3 Å². The van der Waals surface area contributed by atoms with E-state index in [1.54, 1.807) is 13.0 Å². The fourth-order valence-electron chi connectivity index (χ4n) is 6.35. The monoisotopic (exact) mass is 346 g/mol. The van der Waals surface area contributed by atoms with Gasteiger partial charge in [-0.2, -0.15) is 0 Å². The highest BCUT2D eigenvalue weighted by atomic mass is 16.3. The van der Waals surface area contributed by atoms with Crippen molar-refractivity contribution in [3.63, 3.8) is 0 Å². The highest BCUT2D eigenvalue weighted by Gasteiger charge is 2.75. The SMILES string of the molecule is CC1=C[C@@H]2[C@@]3(O)[C@H](C)[C@H]4C(=O)C(C)(C)[C@H]4[C@H]3C=C(CO)C[C@]2(O)C1=O. The van der Waals surface area contributed by atoms with Crippen molar-refractivity contribution in [1.82, 2.24) is 0 Å². The zero-order chi connectivity index (χ0) is 18.5. The lowest BCUT2D eigenvalue weighted by molar-refractivity contribution is -0.155. The fraction of sp³-hybridized carbons (Fsp3) is 0.700. The topological polar surface area (TPSA) is 94.8 Å². The van der Waals surface area contributed by atoms with E-state index in [0.29, 0.717) is 11.1 Å². The lowest BCUT2D eigenvalue weighted by Crippen LogP contribution is -2.55. The van der Waals surface area contributed by atoms with Gasteiger partial charge in [0.25, 0.3) is 0 Å². The molecule has 0 bridgehead atoms. The lowest BCUT2D eigenvalue weighted by atomic mass is 9.52. The Balaban J connectivity index is 1.94. The summed E-state index contributed by atoms with van der Waals surface area (Å²) in [5, 5.41) is 32.9. The molecule has 0 aromatic heterocycles. The van der Waals surface area contributed by atoms with E-state index in [1.165, 1.54) is 0 Å². The number of carbonyl (C=O) groups excluding carboxylic acids is 2. The fourth-order valence-corrected chi connectivity index (χ4v) is 6.35. The van der Waals surface area contributed by atoms with Crippen LogP contribution in [0.15, 0.2) is 23.3 Å². The molecule has 4 rings (SSSR count). The van der Waals surface area contributed by atoms with E-state index in [4.69, 9.17) is 0 Å². The molecule has 0 aromatic rings. The van der Waals surface area contributed by atoms with Crippen molar-refractivity contribution in [2.45, 2.75) is 45.3 Å². The molecule has 4 aliphatic carbocycles. The van der Waals surface area contributed by atoms with Gasteiger partial charge >= 0.3 is 0 Å². The first-order valence-corrected chi connectivity index (χ1v) is 9.04. The third-order valence-electron chi connectivity index (χ3n) is 7.64. The van der Waals surface area contributed by atoms with E-state index >= 15 is 0 Å². The van der Waals surface area contributed by atoms with Crippen LogP contribution in [0.1, 0.15) is 34.1 Å². The van der Waals surface area contributed by atoms with Gasteiger partial charge in [0.15, 0.2) is 5.78 Å². The van der Waals surface area contributed by atoms with Crippen LogP contribution in [0.2, 0.25) is 0 Å². The maximum absolute atomic E-state index is 12.7. The number of aliphatic hydroxyl groups is 3. The molecule has 0 spiro atoms. The highest BCUT2D eigenvalue weighted by molar-refractivity contribution is 6.05. The van der Waals surface area contributed by atoms with Crippen LogP contribution in [0.25, 0.3) is 0 Å². The molecule has 3 N–H and O–H groups in total. The Morgan fingerprint density at radius 2 is 1.84 bits per heavy atom. The summed E-state index contributed by atoms with van der Waals surface area (Å²) in [5.74, 6) is -2.05. The second kappa shape index (κ2) is 4.70. The number of rotatable bonds is 1. The van der Waals surface area contributed by atoms with Crippen LogP contribution < -0.4 is 0 Å². The van der Waals surface area contributed by atoms with Crippen LogP contribution >= 0.6 is 0 Å². The van der Waals surface area contributed by atoms with Crippen molar-refractivity contribution < 1.29 is 24.9 Å². The number of aliphatic hydroxyl groups excluding tert-OH is 1. The summed E-state index contributed by atoms with van der Waals surface area (Å²) in [5.41, 5.74) is -2.66. The molecule has 2 fully saturated rings. The summed E-state index contributed by atoms with van der Waals surface area (Å²) >= 11 is 0. The second-order valence-corrected chi connectivity index (χ2v) is 9.08. The minimum atomic E-state index is -1.74. The molecule has 7 atom stereocenters. The van der Waals surface area contributed by atoms with E-state index in [0.717, 1.165) is 0 Å². The maximum atomic E-state index is 12.7. The molecule has 2 saturated carbocycles. The summed E-state index contributed by atoms with van der Waals surface area (Å²) in [6.45, 7) is 7.04. The first-order chi connectivity index (χ1) is 11.5. The van der Waals surface area contributed by atoms with Crippen molar-refractivity contribution in [3.05, 3.63) is 23.3 Å². The molecule has 25 heavy (non-hydrogen) atoms. The Bertz CT molecular complexity index is 747. The van der Waals surface area contributed by atoms with E-state index in [9.17, 15) is 24.9 Å². The van der Waals surface area contributed by atoms with Gasteiger partial charge in [-0.3, -0.25) is 9.59 Å². The van der Waals surface area contributed by atoms with Crippen molar-refractivity contribution in [2.24, 2.45) is 35.0 Å². The average Bonchev–Trinajstić information content (AvgIpc) is 2.87. The van der Waals surface area contributed by atoms with Crippen LogP contribution in [-0.4, -0.2) is 44.7 Å². The molecular formula is C20H26O5. The standard InChI is InChI=1S/C20H26O5/c1-9-5-13-19(24,16(9)22)7-11(8-21)6-12-15-14(10(2)20(12,13)25)17(23)18(15,3)4/h5-6,10,12-15,21,24-25H,7-8H2,1-4H3/t10-,12-,13+,14-,15+,19-,20-/m1/s1. The molecule has 0 radical (unpaired) electrons. The molecule has 0 saturated heterocycles. The van der Waals surface area contributed by atoms with Crippen molar-refractivity contribution in [3.8, 4) is 0 Å². The zero-order valence-corrected chi connectivity index (χ0v) is 15.1. The van der Waals surface area contributed by atoms with Gasteiger partial charge in [0.1, 0.15) is 11.4 Å². The van der Waals surface area contributed by atoms with E-state index < -0.39 is 22.5 Å². The predicted octanol–water partition coefficient (Wildman–Crippen LogP) is 1.02. The minimum Gasteiger partial charge on any atom is -0.392 e. The van der Waals surface area contributed by atoms with Crippen LogP contribution in [0, 0.1) is 35.0 Å². The van der Waals surface area contributed by atoms with Crippen LogP contribution in [-0.2, 0) is 9.59 Å². The summed E-state index contributed by atoms with van der Waals surface area (Å²) in [7, 11) is 0. The number of Topliss-reactive ketones (excluding diaryl/α,β-unsaturated/α-hetero) is 2. The first-order valence-electron chi connectivity index (χ1n) is 9.04. The molecule has 4 aliphatic rings. The van der Waals surface area contributed by atoms with Crippen molar-refractivity contribution in [1.29, 1.82) is 0 Å². The third kappa shape index (κ3) is 1.70. The summed E-state index contributed by atoms with van der Waals surface area (Å²) in [4.78, 5) is 25.4. The molecule has 0 amide bonds. The number of ketones is 2. The first kappa shape index (κ1) is 17.1. The van der Waals surface area contributed by atoms with E-state index in [-0.39, 0.29) is 48.3 Å². The molecule has 0 aromatic carbocycles. The minimum absolute atomic E-state index is 0.0259. The Morgan fingerprint density at radius 1 is 1.20 bits per heavy atom. The Hall–Kier alpha value is -1.30. The van der Waals surface area contributed by atoms with Crippen LogP contribution in [0.4, 0.5) is 0 Å². The number of hydrogen-bond donors (Lipinski definition) is 3. The molecule has 5 heteroatoms. The summed E-state index contributed by atoms with van der Waals surface area (Å²) in [6.07, 6.45) is 3.54. The normalized spacial score (nSPS) is 50.3. The Labute approximate surface area is 147 Å². The highest BCUT2D eigenvalue weighted by Crippen LogP contribution is 2.68. The largest absolute Gasteiger partial charge is 0.392 e. The lowest BCUT2D eigenvalue weighted by Gasteiger charge is -2.49. The zero-order valence-electron chi connectivity index (χ0n) is 15.1. The van der Waals surface area contributed by atoms with Gasteiger partial charge in [-0.05, 0) is 29.9 Å². The molecule has 0 heterocycles. The van der Waals surface area contributed by atoms with E-state index in [1.807, 2.05) is 26.8 Å². The van der Waals surface area contributed by atoms with Gasteiger partial charge in [0, 0.05) is 29.6 Å². The third-order valence-corrected chi connectivity index (χ3v) is 7.64. The van der Waals surface area contributed by atoms with Crippen LogP contribution in [0.3, 0.4) is 0 Å². The van der Waals surface area contributed by atoms with Gasteiger partial charge in [-0.1, -0.05) is 32.9 Å². The summed E-state index contributed by atoms with van der Waals surface area (Å²) < 4.78 is 0. The number of fused-ring (bicyclic) bond motifs is 5. The Kier molecular flexibility index (Phi) is 3.22. The smallest absolute Gasteiger partial charge is 0.190 e. The quantitative estimate of drug-likeness (QED) is 0.616. The van der Waals surface area contributed by atoms with Gasteiger partial charge in [-0.25, -0.2) is 0 Å². The molecule has 0 aliphatic heterocycles. The van der Waals surface area contributed by atoms with Crippen LogP contribution in [0.5, 0.6) is 0 Å². The Morgan fingerprint density at radius 3 is 2.44 bits per heavy atom. The maximum Gasteiger partial charge on any atom is 0.190 e. The van der Waals surface area contributed by atoms with Crippen molar-refractivity contribution >= 4 is 11.6 Å². The van der Waals surface area contributed by atoms with Crippen molar-refractivity contribution in [2.75, 3.05) is 6.61 Å². The molecule has 0 unspecified atom stereocenters. The summed E-state index contributed by atoms with van der Waals surface area (Å²) in [6, 6.07) is 0. The average molecular weight is 346 g/mol. The molecule has 5 nitrogen and oxygen atoms in total. The number of carbonyl (C=O) groups is 2. The molecule has 136 valence electrons. The second-order valence-electron chi connectivity index (χ2n) is 9.08. The van der Waals surface area contributed by atoms with Gasteiger partial charge in [0.2, 0.25) is 0 Å². The van der Waals surface area contributed by atoms with E-state index in [2.05, 4.69) is 0 Å². The molecular weight excluding hydrogens is 320 g/mol. The predicted molar refractivity (Wildman–Crippen MR) is 90.4 cm³/mol. The van der Waals surface area contributed by atoms with Gasteiger partial charge in [-0.15, -0.1) is 0 Å².